The van der Waals surface area contributed by atoms with E-state index in [1.54, 1.807) is 4.90 Å². The molecule has 102 valence electrons. The van der Waals surface area contributed by atoms with Crippen LogP contribution in [0.4, 0.5) is 10.1 Å². The van der Waals surface area contributed by atoms with Crippen LogP contribution in [0.5, 0.6) is 0 Å². The molecule has 3 unspecified atom stereocenters. The quantitative estimate of drug-likeness (QED) is 0.670. The topological polar surface area (TPSA) is 96.6 Å². The number of nitrogens with zero attached hydrogens (tertiary/aromatic N) is 3. The predicted octanol–water partition coefficient (Wildman–Crippen LogP) is 1.74. The van der Waals surface area contributed by atoms with Crippen molar-refractivity contribution in [2.24, 2.45) is 11.8 Å². The summed E-state index contributed by atoms with van der Waals surface area (Å²) in [5.41, 5.74) is 0. The maximum absolute atomic E-state index is 11.5. The van der Waals surface area contributed by atoms with Gasteiger partial charge in [-0.2, -0.15) is 0 Å². The number of aliphatic carboxylic acids is 1. The number of aromatic nitrogens is 1. The molecule has 2 aliphatic rings. The third kappa shape index (κ3) is 1.95. The summed E-state index contributed by atoms with van der Waals surface area (Å²) >= 11 is 0.950. The van der Waals surface area contributed by atoms with Gasteiger partial charge in [0.15, 0.2) is 5.13 Å². The highest BCUT2D eigenvalue weighted by atomic mass is 32.1. The van der Waals surface area contributed by atoms with E-state index in [0.717, 1.165) is 30.6 Å². The summed E-state index contributed by atoms with van der Waals surface area (Å²) in [6.45, 7) is 0.645. The molecule has 7 nitrogen and oxygen atoms in total. The average molecular weight is 283 g/mol. The van der Waals surface area contributed by atoms with E-state index in [1.165, 1.54) is 6.20 Å². The molecule has 0 radical (unpaired) electrons. The zero-order valence-corrected chi connectivity index (χ0v) is 10.9. The Balaban J connectivity index is 1.90. The molecule has 0 spiro atoms. The predicted molar refractivity (Wildman–Crippen MR) is 68.4 cm³/mol. The monoisotopic (exact) mass is 283 g/mol. The van der Waals surface area contributed by atoms with Crippen LogP contribution in [0.1, 0.15) is 19.3 Å². The van der Waals surface area contributed by atoms with E-state index in [9.17, 15) is 20.0 Å². The molecule has 1 saturated carbocycles. The van der Waals surface area contributed by atoms with Gasteiger partial charge >= 0.3 is 11.0 Å². The highest BCUT2D eigenvalue weighted by Crippen LogP contribution is 2.45. The molecular weight excluding hydrogens is 270 g/mol. The molecule has 3 atom stereocenters. The third-order valence-electron chi connectivity index (χ3n) is 4.05. The summed E-state index contributed by atoms with van der Waals surface area (Å²) in [6, 6.07) is -0.585. The van der Waals surface area contributed by atoms with Gasteiger partial charge in [0.25, 0.3) is 0 Å². The summed E-state index contributed by atoms with van der Waals surface area (Å²) in [4.78, 5) is 27.4. The fourth-order valence-corrected chi connectivity index (χ4v) is 4.07. The van der Waals surface area contributed by atoms with E-state index < -0.39 is 16.9 Å². The Hall–Kier alpha value is -1.70. The lowest BCUT2D eigenvalue weighted by atomic mass is 9.94. The van der Waals surface area contributed by atoms with Crippen molar-refractivity contribution >= 4 is 27.4 Å². The van der Waals surface area contributed by atoms with E-state index >= 15 is 0 Å². The second-order valence-electron chi connectivity index (χ2n) is 5.03. The molecule has 3 rings (SSSR count). The Kier molecular flexibility index (Phi) is 2.89. The Morgan fingerprint density at radius 3 is 3.00 bits per heavy atom. The summed E-state index contributed by atoms with van der Waals surface area (Å²) in [5.74, 6) is -0.322. The second-order valence-corrected chi connectivity index (χ2v) is 6.02. The zero-order valence-electron chi connectivity index (χ0n) is 10.1. The van der Waals surface area contributed by atoms with Crippen LogP contribution in [0.3, 0.4) is 0 Å². The molecule has 1 saturated heterocycles. The standard InChI is InChI=1S/C11H13N3O4S/c15-10(16)9-7-3-1-2-6(7)5-13(9)11-12-4-8(19-11)14(17)18/h4,6-7,9H,1-3,5H2,(H,15,16). The minimum absolute atomic E-state index is 0.0452. The van der Waals surface area contributed by atoms with Crippen molar-refractivity contribution in [3.63, 3.8) is 0 Å². The number of thiazole rings is 1. The first-order valence-electron chi connectivity index (χ1n) is 6.17. The van der Waals surface area contributed by atoms with Crippen molar-refractivity contribution < 1.29 is 14.8 Å². The Bertz CT molecular complexity index is 532. The lowest BCUT2D eigenvalue weighted by molar-refractivity contribution is -0.380. The van der Waals surface area contributed by atoms with Gasteiger partial charge in [0, 0.05) is 6.54 Å². The Labute approximate surface area is 113 Å². The number of hydrogen-bond donors (Lipinski definition) is 1. The smallest absolute Gasteiger partial charge is 0.345 e. The maximum Gasteiger partial charge on any atom is 0.345 e. The molecule has 19 heavy (non-hydrogen) atoms. The average Bonchev–Trinajstić information content (AvgIpc) is 3.02. The van der Waals surface area contributed by atoms with Gasteiger partial charge in [-0.15, -0.1) is 0 Å². The fraction of sp³-hybridized carbons (Fsp3) is 0.636. The number of fused-ring (bicyclic) bond motifs is 1. The van der Waals surface area contributed by atoms with Gasteiger partial charge in [0.1, 0.15) is 12.2 Å². The zero-order chi connectivity index (χ0) is 13.6. The van der Waals surface area contributed by atoms with Crippen LogP contribution in [0, 0.1) is 22.0 Å². The molecule has 0 amide bonds. The van der Waals surface area contributed by atoms with Gasteiger partial charge in [0.05, 0.1) is 4.92 Å². The third-order valence-corrected chi connectivity index (χ3v) is 5.04. The van der Waals surface area contributed by atoms with E-state index in [2.05, 4.69) is 4.98 Å². The van der Waals surface area contributed by atoms with Crippen LogP contribution in [-0.2, 0) is 4.79 Å². The fourth-order valence-electron chi connectivity index (χ4n) is 3.29. The molecule has 2 fully saturated rings. The van der Waals surface area contributed by atoms with Crippen molar-refractivity contribution in [1.82, 2.24) is 4.98 Å². The number of carbonyl (C=O) groups is 1. The summed E-state index contributed by atoms with van der Waals surface area (Å²) < 4.78 is 0. The van der Waals surface area contributed by atoms with Gasteiger partial charge in [-0.05, 0) is 36.0 Å². The molecule has 1 aromatic rings. The molecule has 0 aromatic carbocycles. The molecule has 1 aromatic heterocycles. The molecule has 1 aliphatic carbocycles. The Morgan fingerprint density at radius 2 is 2.37 bits per heavy atom. The second kappa shape index (κ2) is 4.44. The molecule has 2 heterocycles. The van der Waals surface area contributed by atoms with E-state index in [0.29, 0.717) is 17.6 Å². The molecule has 1 aliphatic heterocycles. The highest BCUT2D eigenvalue weighted by molar-refractivity contribution is 7.18. The van der Waals surface area contributed by atoms with Crippen molar-refractivity contribution in [2.45, 2.75) is 25.3 Å². The summed E-state index contributed by atoms with van der Waals surface area (Å²) in [7, 11) is 0. The van der Waals surface area contributed by atoms with Gasteiger partial charge in [0.2, 0.25) is 0 Å². The van der Waals surface area contributed by atoms with Crippen LogP contribution in [0.2, 0.25) is 0 Å². The number of hydrogen-bond acceptors (Lipinski definition) is 6. The number of rotatable bonds is 3. The number of carboxylic acid groups (broad SMARTS) is 1. The first kappa shape index (κ1) is 12.3. The van der Waals surface area contributed by atoms with E-state index in [4.69, 9.17) is 0 Å². The van der Waals surface area contributed by atoms with Crippen molar-refractivity contribution in [3.05, 3.63) is 16.3 Å². The molecule has 1 N–H and O–H groups in total. The largest absolute Gasteiger partial charge is 0.480 e. The first-order chi connectivity index (χ1) is 9.08. The molecular formula is C11H13N3O4S. The maximum atomic E-state index is 11.5. The van der Waals surface area contributed by atoms with Crippen LogP contribution >= 0.6 is 11.3 Å². The van der Waals surface area contributed by atoms with Gasteiger partial charge in [-0.1, -0.05) is 6.42 Å². The van der Waals surface area contributed by atoms with Crippen LogP contribution in [-0.4, -0.2) is 33.6 Å². The summed E-state index contributed by atoms with van der Waals surface area (Å²) in [6.07, 6.45) is 4.24. The van der Waals surface area contributed by atoms with Crippen molar-refractivity contribution in [1.29, 1.82) is 0 Å². The Morgan fingerprint density at radius 1 is 1.58 bits per heavy atom. The van der Waals surface area contributed by atoms with Crippen molar-refractivity contribution in [2.75, 3.05) is 11.4 Å². The van der Waals surface area contributed by atoms with Crippen LogP contribution in [0.15, 0.2) is 6.20 Å². The van der Waals surface area contributed by atoms with Gasteiger partial charge < -0.3 is 10.0 Å². The van der Waals surface area contributed by atoms with Crippen molar-refractivity contribution in [3.8, 4) is 0 Å². The minimum atomic E-state index is -0.854. The first-order valence-corrected chi connectivity index (χ1v) is 6.99. The van der Waals surface area contributed by atoms with E-state index in [-0.39, 0.29) is 10.9 Å². The van der Waals surface area contributed by atoms with Gasteiger partial charge in [-0.25, -0.2) is 9.78 Å². The minimum Gasteiger partial charge on any atom is -0.480 e. The van der Waals surface area contributed by atoms with Crippen LogP contribution < -0.4 is 4.90 Å². The van der Waals surface area contributed by atoms with Crippen LogP contribution in [0.25, 0.3) is 0 Å². The normalized spacial score (nSPS) is 29.5. The van der Waals surface area contributed by atoms with E-state index in [1.807, 2.05) is 0 Å². The number of nitro groups is 1. The highest BCUT2D eigenvalue weighted by Gasteiger charge is 2.48. The molecule has 0 bridgehead atoms. The summed E-state index contributed by atoms with van der Waals surface area (Å²) in [5, 5.41) is 20.5. The lowest BCUT2D eigenvalue weighted by Crippen LogP contribution is -2.39. The molecule has 8 heteroatoms. The van der Waals surface area contributed by atoms with Gasteiger partial charge in [-0.3, -0.25) is 10.1 Å². The SMILES string of the molecule is O=C(O)C1C2CCCC2CN1c1ncc([N+](=O)[O-])s1. The number of anilines is 1. The lowest BCUT2D eigenvalue weighted by Gasteiger charge is -2.23. The number of carboxylic acids is 1.